The second-order valence-corrected chi connectivity index (χ2v) is 7.03. The number of benzene rings is 1. The zero-order chi connectivity index (χ0) is 18.7. The maximum atomic E-state index is 13.0. The molecule has 3 rings (SSSR count). The summed E-state index contributed by atoms with van der Waals surface area (Å²) in [4.78, 5) is 40.6. The summed E-state index contributed by atoms with van der Waals surface area (Å²) in [6.07, 6.45) is 4.49. The Bertz CT molecular complexity index is 686. The minimum Gasteiger partial charge on any atom is -0.465 e. The highest BCUT2D eigenvalue weighted by Gasteiger charge is 2.39. The summed E-state index contributed by atoms with van der Waals surface area (Å²) in [6, 6.07) is 7.04. The molecule has 0 aliphatic carbocycles. The van der Waals surface area contributed by atoms with Crippen LogP contribution in [0.4, 0.5) is 5.69 Å². The fraction of sp³-hybridized carbons (Fsp3) is 0.550. The maximum Gasteiger partial charge on any atom is 0.337 e. The fourth-order valence-corrected chi connectivity index (χ4v) is 3.97. The second kappa shape index (κ2) is 7.89. The molecule has 2 saturated heterocycles. The molecule has 140 valence electrons. The minimum absolute atomic E-state index is 0.0424. The van der Waals surface area contributed by atoms with Crippen LogP contribution in [0, 0.1) is 5.92 Å². The number of amides is 2. The number of hydrogen-bond donors (Lipinski definition) is 0. The van der Waals surface area contributed by atoms with E-state index in [0.29, 0.717) is 23.8 Å². The van der Waals surface area contributed by atoms with Gasteiger partial charge in [-0.25, -0.2) is 4.79 Å². The molecular weight excluding hydrogens is 332 g/mol. The third-order valence-corrected chi connectivity index (χ3v) is 5.46. The number of rotatable bonds is 4. The van der Waals surface area contributed by atoms with Crippen LogP contribution in [0.5, 0.6) is 0 Å². The average Bonchev–Trinajstić information content (AvgIpc) is 3.08. The molecule has 2 unspecified atom stereocenters. The van der Waals surface area contributed by atoms with Gasteiger partial charge >= 0.3 is 5.97 Å². The summed E-state index contributed by atoms with van der Waals surface area (Å²) < 4.78 is 4.69. The van der Waals surface area contributed by atoms with Crippen LogP contribution < -0.4 is 4.90 Å². The number of carbonyl (C=O) groups is 3. The third kappa shape index (κ3) is 3.59. The second-order valence-electron chi connectivity index (χ2n) is 7.03. The highest BCUT2D eigenvalue weighted by molar-refractivity contribution is 6.00. The summed E-state index contributed by atoms with van der Waals surface area (Å²) >= 11 is 0. The van der Waals surface area contributed by atoms with Crippen LogP contribution in [0.15, 0.2) is 24.3 Å². The average molecular weight is 358 g/mol. The number of ether oxygens (including phenoxy) is 1. The molecular formula is C20H26N2O4. The van der Waals surface area contributed by atoms with Crippen LogP contribution in [-0.4, -0.2) is 48.9 Å². The number of esters is 1. The van der Waals surface area contributed by atoms with Crippen molar-refractivity contribution in [3.05, 3.63) is 29.8 Å². The Labute approximate surface area is 154 Å². The lowest BCUT2D eigenvalue weighted by atomic mass is 9.97. The monoisotopic (exact) mass is 358 g/mol. The Morgan fingerprint density at radius 1 is 1.19 bits per heavy atom. The number of piperidine rings is 1. The van der Waals surface area contributed by atoms with Crippen LogP contribution in [0.25, 0.3) is 0 Å². The Morgan fingerprint density at radius 3 is 2.58 bits per heavy atom. The summed E-state index contributed by atoms with van der Waals surface area (Å²) in [5, 5.41) is 0. The van der Waals surface area contributed by atoms with E-state index in [4.69, 9.17) is 0 Å². The van der Waals surface area contributed by atoms with E-state index in [2.05, 4.69) is 11.7 Å². The Hall–Kier alpha value is -2.37. The van der Waals surface area contributed by atoms with E-state index >= 15 is 0 Å². The van der Waals surface area contributed by atoms with Gasteiger partial charge in [0.1, 0.15) is 0 Å². The van der Waals surface area contributed by atoms with E-state index in [0.717, 1.165) is 25.8 Å². The lowest BCUT2D eigenvalue weighted by Crippen LogP contribution is -2.46. The zero-order valence-electron chi connectivity index (χ0n) is 15.4. The van der Waals surface area contributed by atoms with Crippen LogP contribution in [0.3, 0.4) is 0 Å². The number of carbonyl (C=O) groups excluding carboxylic acids is 3. The van der Waals surface area contributed by atoms with Crippen LogP contribution in [0.1, 0.15) is 49.4 Å². The van der Waals surface area contributed by atoms with Gasteiger partial charge in [0.05, 0.1) is 18.6 Å². The SMILES string of the molecule is CCC1CCCCN1C(=O)C1CC(=O)N(c2ccc(C(=O)OC)cc2)C1. The van der Waals surface area contributed by atoms with E-state index in [1.165, 1.54) is 13.5 Å². The molecule has 0 N–H and O–H groups in total. The van der Waals surface area contributed by atoms with E-state index in [-0.39, 0.29) is 24.2 Å². The number of nitrogens with zero attached hydrogens (tertiary/aromatic N) is 2. The highest BCUT2D eigenvalue weighted by atomic mass is 16.5. The van der Waals surface area contributed by atoms with Gasteiger partial charge < -0.3 is 14.5 Å². The fourth-order valence-electron chi connectivity index (χ4n) is 3.97. The smallest absolute Gasteiger partial charge is 0.337 e. The number of anilines is 1. The van der Waals surface area contributed by atoms with Gasteiger partial charge in [0, 0.05) is 31.2 Å². The quantitative estimate of drug-likeness (QED) is 0.776. The van der Waals surface area contributed by atoms with Gasteiger partial charge in [-0.1, -0.05) is 6.92 Å². The van der Waals surface area contributed by atoms with Gasteiger partial charge in [0.15, 0.2) is 0 Å². The predicted molar refractivity (Wildman–Crippen MR) is 97.9 cm³/mol. The molecule has 2 amide bonds. The van der Waals surface area contributed by atoms with Crippen LogP contribution in [0.2, 0.25) is 0 Å². The van der Waals surface area contributed by atoms with Crippen molar-refractivity contribution in [2.45, 2.75) is 45.1 Å². The van der Waals surface area contributed by atoms with Crippen molar-refractivity contribution in [3.63, 3.8) is 0 Å². The van der Waals surface area contributed by atoms with Crippen molar-refractivity contribution in [1.29, 1.82) is 0 Å². The molecule has 2 aliphatic rings. The molecule has 2 heterocycles. The molecule has 6 nitrogen and oxygen atoms in total. The molecule has 26 heavy (non-hydrogen) atoms. The lowest BCUT2D eigenvalue weighted by molar-refractivity contribution is -0.139. The van der Waals surface area contributed by atoms with Crippen molar-refractivity contribution in [1.82, 2.24) is 4.90 Å². The van der Waals surface area contributed by atoms with E-state index in [9.17, 15) is 14.4 Å². The summed E-state index contributed by atoms with van der Waals surface area (Å²) in [5.74, 6) is -0.624. The summed E-state index contributed by atoms with van der Waals surface area (Å²) in [6.45, 7) is 3.32. The van der Waals surface area contributed by atoms with E-state index < -0.39 is 5.97 Å². The Balaban J connectivity index is 1.70. The lowest BCUT2D eigenvalue weighted by Gasteiger charge is -2.36. The molecule has 6 heteroatoms. The van der Waals surface area contributed by atoms with Crippen LogP contribution >= 0.6 is 0 Å². The number of likely N-dealkylation sites (tertiary alicyclic amines) is 1. The predicted octanol–water partition coefficient (Wildman–Crippen LogP) is 2.62. The zero-order valence-corrected chi connectivity index (χ0v) is 15.4. The largest absolute Gasteiger partial charge is 0.465 e. The van der Waals surface area contributed by atoms with Gasteiger partial charge in [-0.15, -0.1) is 0 Å². The molecule has 0 spiro atoms. The molecule has 2 atom stereocenters. The topological polar surface area (TPSA) is 66.9 Å². The van der Waals surface area contributed by atoms with Gasteiger partial charge in [-0.05, 0) is 49.9 Å². The molecule has 2 fully saturated rings. The first-order valence-corrected chi connectivity index (χ1v) is 9.34. The molecule has 0 bridgehead atoms. The third-order valence-electron chi connectivity index (χ3n) is 5.46. The number of hydrogen-bond acceptors (Lipinski definition) is 4. The normalized spacial score (nSPS) is 23.2. The molecule has 1 aromatic carbocycles. The summed E-state index contributed by atoms with van der Waals surface area (Å²) in [5.41, 5.74) is 1.15. The standard InChI is InChI=1S/C20H26N2O4/c1-3-16-6-4-5-11-21(16)19(24)15-12-18(23)22(13-15)17-9-7-14(8-10-17)20(25)26-2/h7-10,15-16H,3-6,11-13H2,1-2H3. The van der Waals surface area contributed by atoms with Gasteiger partial charge in [-0.2, -0.15) is 0 Å². The van der Waals surface area contributed by atoms with Crippen molar-refractivity contribution < 1.29 is 19.1 Å². The molecule has 0 aromatic heterocycles. The first kappa shape index (κ1) is 18.4. The maximum absolute atomic E-state index is 13.0. The Kier molecular flexibility index (Phi) is 5.59. The molecule has 2 aliphatic heterocycles. The van der Waals surface area contributed by atoms with E-state index in [1.54, 1.807) is 29.2 Å². The van der Waals surface area contributed by atoms with Gasteiger partial charge in [-0.3, -0.25) is 9.59 Å². The Morgan fingerprint density at radius 2 is 1.92 bits per heavy atom. The van der Waals surface area contributed by atoms with Crippen molar-refractivity contribution in [3.8, 4) is 0 Å². The van der Waals surface area contributed by atoms with E-state index in [1.807, 2.05) is 4.90 Å². The van der Waals surface area contributed by atoms with Gasteiger partial charge in [0.25, 0.3) is 0 Å². The van der Waals surface area contributed by atoms with Crippen molar-refractivity contribution in [2.24, 2.45) is 5.92 Å². The van der Waals surface area contributed by atoms with Crippen LogP contribution in [-0.2, 0) is 14.3 Å². The minimum atomic E-state index is -0.409. The summed E-state index contributed by atoms with van der Waals surface area (Å²) in [7, 11) is 1.33. The first-order valence-electron chi connectivity index (χ1n) is 9.34. The molecule has 0 radical (unpaired) electrons. The number of methoxy groups -OCH3 is 1. The van der Waals surface area contributed by atoms with Crippen molar-refractivity contribution >= 4 is 23.5 Å². The molecule has 0 saturated carbocycles. The highest BCUT2D eigenvalue weighted by Crippen LogP contribution is 2.29. The first-order chi connectivity index (χ1) is 12.5. The molecule has 1 aromatic rings. The van der Waals surface area contributed by atoms with Crippen molar-refractivity contribution in [2.75, 3.05) is 25.1 Å². The van der Waals surface area contributed by atoms with Gasteiger partial charge in [0.2, 0.25) is 11.8 Å².